The van der Waals surface area contributed by atoms with Gasteiger partial charge in [0, 0.05) is 31.8 Å². The summed E-state index contributed by atoms with van der Waals surface area (Å²) in [4.78, 5) is 27.6. The Morgan fingerprint density at radius 1 is 1.16 bits per heavy atom. The van der Waals surface area contributed by atoms with Crippen LogP contribution in [0.3, 0.4) is 0 Å². The van der Waals surface area contributed by atoms with Gasteiger partial charge in [0.2, 0.25) is 11.8 Å². The van der Waals surface area contributed by atoms with E-state index >= 15 is 0 Å². The molecule has 196 valence electrons. The molecule has 0 spiro atoms. The van der Waals surface area contributed by atoms with Crippen molar-refractivity contribution in [2.45, 2.75) is 53.7 Å². The molecule has 0 radical (unpaired) electrons. The molecule has 2 heterocycles. The van der Waals surface area contributed by atoms with Crippen molar-refractivity contribution in [1.82, 2.24) is 20.0 Å². The highest BCUT2D eigenvalue weighted by Crippen LogP contribution is 2.43. The highest BCUT2D eigenvalue weighted by atomic mass is 32.2. The summed E-state index contributed by atoms with van der Waals surface area (Å²) in [5, 5.41) is 15.1. The highest BCUT2D eigenvalue weighted by Gasteiger charge is 2.53. The van der Waals surface area contributed by atoms with Crippen LogP contribution in [-0.2, 0) is 26.5 Å². The van der Waals surface area contributed by atoms with Gasteiger partial charge in [-0.2, -0.15) is 10.4 Å². The third-order valence-corrected chi connectivity index (χ3v) is 9.79. The average Bonchev–Trinajstić information content (AvgIpc) is 3.18. The normalized spacial score (nSPS) is 26.0. The molecule has 9 nitrogen and oxygen atoms in total. The van der Waals surface area contributed by atoms with Crippen molar-refractivity contribution in [3.8, 4) is 17.2 Å². The zero-order valence-corrected chi connectivity index (χ0v) is 21.0. The number of sulfone groups is 1. The molecular weight excluding hydrogens is 504 g/mol. The van der Waals surface area contributed by atoms with E-state index in [9.17, 15) is 32.0 Å². The molecular formula is C25H27F2N5O4S. The summed E-state index contributed by atoms with van der Waals surface area (Å²) in [5.74, 6) is -6.33. The van der Waals surface area contributed by atoms with Gasteiger partial charge < -0.3 is 10.2 Å². The van der Waals surface area contributed by atoms with Gasteiger partial charge in [-0.1, -0.05) is 12.1 Å². The molecule has 2 saturated carbocycles. The Morgan fingerprint density at radius 3 is 2.49 bits per heavy atom. The second-order valence-corrected chi connectivity index (χ2v) is 12.6. The number of aromatic nitrogens is 2. The molecule has 1 saturated heterocycles. The smallest absolute Gasteiger partial charge is 0.267 e. The monoisotopic (exact) mass is 531 g/mol. The molecule has 1 N–H and O–H groups in total. The molecule has 0 bridgehead atoms. The molecule has 12 heteroatoms. The number of likely N-dealkylation sites (tertiary alicyclic amines) is 1. The number of halogens is 2. The van der Waals surface area contributed by atoms with Crippen molar-refractivity contribution in [1.29, 1.82) is 5.26 Å². The number of hydrogen-bond donors (Lipinski definition) is 1. The molecule has 0 unspecified atom stereocenters. The second-order valence-electron chi connectivity index (χ2n) is 10.3. The zero-order chi connectivity index (χ0) is 26.6. The number of nitrogens with one attached hydrogen (secondary N) is 1. The summed E-state index contributed by atoms with van der Waals surface area (Å²) >= 11 is 0. The largest absolute Gasteiger partial charge is 0.338 e. The minimum atomic E-state index is -3.97. The zero-order valence-electron chi connectivity index (χ0n) is 20.2. The molecule has 2 amide bonds. The van der Waals surface area contributed by atoms with E-state index in [1.807, 2.05) is 0 Å². The van der Waals surface area contributed by atoms with Crippen molar-refractivity contribution in [3.05, 3.63) is 36.7 Å². The Morgan fingerprint density at radius 2 is 1.89 bits per heavy atom. The van der Waals surface area contributed by atoms with Gasteiger partial charge in [0.25, 0.3) is 5.92 Å². The summed E-state index contributed by atoms with van der Waals surface area (Å²) in [6.45, 7) is -0.896. The van der Waals surface area contributed by atoms with E-state index in [1.165, 1.54) is 12.1 Å². The lowest BCUT2D eigenvalue weighted by molar-refractivity contribution is -0.141. The van der Waals surface area contributed by atoms with E-state index in [0.29, 0.717) is 18.4 Å². The topological polar surface area (TPSA) is 125 Å². The van der Waals surface area contributed by atoms with Crippen LogP contribution in [-0.4, -0.2) is 64.7 Å². The minimum Gasteiger partial charge on any atom is -0.338 e. The number of nitrogens with zero attached hydrogens (tertiary/aromatic N) is 4. The van der Waals surface area contributed by atoms with Crippen LogP contribution in [0.1, 0.15) is 32.1 Å². The first kappa shape index (κ1) is 25.3. The Labute approximate surface area is 213 Å². The fourth-order valence-electron chi connectivity index (χ4n) is 5.30. The van der Waals surface area contributed by atoms with Crippen LogP contribution in [0.15, 0.2) is 41.6 Å². The minimum absolute atomic E-state index is 0.0505. The molecule has 1 aromatic heterocycles. The van der Waals surface area contributed by atoms with Gasteiger partial charge in [-0.05, 0) is 43.4 Å². The highest BCUT2D eigenvalue weighted by molar-refractivity contribution is 7.92. The summed E-state index contributed by atoms with van der Waals surface area (Å²) < 4.78 is 56.6. The van der Waals surface area contributed by atoms with Crippen LogP contribution >= 0.6 is 0 Å². The number of aryl methyl sites for hydroxylation is 1. The maximum Gasteiger partial charge on any atom is 0.267 e. The Balaban J connectivity index is 1.43. The van der Waals surface area contributed by atoms with Gasteiger partial charge in [-0.25, -0.2) is 17.2 Å². The lowest BCUT2D eigenvalue weighted by Gasteiger charge is -2.24. The molecule has 2 aliphatic carbocycles. The number of alkyl halides is 2. The van der Waals surface area contributed by atoms with Crippen molar-refractivity contribution in [2.24, 2.45) is 18.9 Å². The molecule has 2 aromatic rings. The fraction of sp³-hybridized carbons (Fsp3) is 0.520. The SMILES string of the molecule is Cn1cc(-c2cccc(S(=O)(=O)[C@@H]3C[C@@H](C(=O)NC4(C#N)CC4)[C@H](C(=O)N4CCC(F)(F)C4)C3)c2)cn1. The number of rotatable bonds is 6. The van der Waals surface area contributed by atoms with E-state index in [1.54, 1.807) is 36.3 Å². The quantitative estimate of drug-likeness (QED) is 0.610. The molecule has 3 aliphatic rings. The van der Waals surface area contributed by atoms with Crippen molar-refractivity contribution >= 4 is 21.7 Å². The Kier molecular flexibility index (Phi) is 6.09. The molecule has 37 heavy (non-hydrogen) atoms. The van der Waals surface area contributed by atoms with Gasteiger partial charge in [0.15, 0.2) is 9.84 Å². The Bertz CT molecular complexity index is 1400. The number of carbonyl (C=O) groups excluding carboxylic acids is 2. The van der Waals surface area contributed by atoms with Crippen LogP contribution in [0.5, 0.6) is 0 Å². The Hall–Kier alpha value is -3.33. The summed E-state index contributed by atoms with van der Waals surface area (Å²) in [5.41, 5.74) is 0.385. The molecule has 1 aromatic carbocycles. The predicted molar refractivity (Wildman–Crippen MR) is 128 cm³/mol. The lowest BCUT2D eigenvalue weighted by atomic mass is 9.93. The number of carbonyl (C=O) groups is 2. The maximum atomic E-state index is 13.8. The van der Waals surface area contributed by atoms with Crippen LogP contribution in [0.2, 0.25) is 0 Å². The van der Waals surface area contributed by atoms with Crippen LogP contribution in [0.4, 0.5) is 8.78 Å². The van der Waals surface area contributed by atoms with E-state index in [2.05, 4.69) is 16.5 Å². The van der Waals surface area contributed by atoms with Gasteiger partial charge >= 0.3 is 0 Å². The second kappa shape index (κ2) is 8.90. The third kappa shape index (κ3) is 4.84. The first-order chi connectivity index (χ1) is 17.4. The first-order valence-electron chi connectivity index (χ1n) is 12.2. The summed E-state index contributed by atoms with van der Waals surface area (Å²) in [7, 11) is -2.22. The fourth-order valence-corrected chi connectivity index (χ4v) is 7.17. The van der Waals surface area contributed by atoms with Crippen molar-refractivity contribution < 1.29 is 26.8 Å². The van der Waals surface area contributed by atoms with E-state index in [0.717, 1.165) is 10.5 Å². The van der Waals surface area contributed by atoms with E-state index in [4.69, 9.17) is 0 Å². The number of hydrogen-bond acceptors (Lipinski definition) is 6. The standard InChI is InChI=1S/C25H27F2N5O4S/c1-31-13-17(12-29-31)16-3-2-4-18(9-16)37(35,36)19-10-20(22(33)30-24(14-28)5-6-24)21(11-19)23(34)32-8-7-25(26,27)15-32/h2-4,9,12-13,19-21H,5-8,10-11,15H2,1H3,(H,30,33)/t19-,20-,21-/m1/s1. The third-order valence-electron chi connectivity index (χ3n) is 7.62. The van der Waals surface area contributed by atoms with Gasteiger partial charge in [-0.15, -0.1) is 0 Å². The molecule has 3 fully saturated rings. The van der Waals surface area contributed by atoms with Gasteiger partial charge in [-0.3, -0.25) is 14.3 Å². The average molecular weight is 532 g/mol. The van der Waals surface area contributed by atoms with Crippen molar-refractivity contribution in [2.75, 3.05) is 13.1 Å². The van der Waals surface area contributed by atoms with Crippen molar-refractivity contribution in [3.63, 3.8) is 0 Å². The van der Waals surface area contributed by atoms with Gasteiger partial charge in [0.1, 0.15) is 5.54 Å². The number of benzene rings is 1. The van der Waals surface area contributed by atoms with Crippen LogP contribution in [0, 0.1) is 23.2 Å². The predicted octanol–water partition coefficient (Wildman–Crippen LogP) is 2.30. The number of nitriles is 1. The van der Waals surface area contributed by atoms with Crippen LogP contribution < -0.4 is 5.32 Å². The summed E-state index contributed by atoms with van der Waals surface area (Å²) in [6.07, 6.45) is 3.56. The van der Waals surface area contributed by atoms with E-state index in [-0.39, 0.29) is 24.3 Å². The maximum absolute atomic E-state index is 13.8. The molecule has 1 aliphatic heterocycles. The van der Waals surface area contributed by atoms with Gasteiger partial charge in [0.05, 0.1) is 40.8 Å². The lowest BCUT2D eigenvalue weighted by Crippen LogP contribution is -2.45. The van der Waals surface area contributed by atoms with E-state index < -0.39 is 63.2 Å². The molecule has 5 rings (SSSR count). The molecule has 3 atom stereocenters. The first-order valence-corrected chi connectivity index (χ1v) is 13.7. The van der Waals surface area contributed by atoms with Crippen LogP contribution in [0.25, 0.3) is 11.1 Å². The number of amides is 2. The summed E-state index contributed by atoms with van der Waals surface area (Å²) in [6, 6.07) is 8.44.